The Bertz CT molecular complexity index is 583. The van der Waals surface area contributed by atoms with Crippen LogP contribution in [-0.4, -0.2) is 52.5 Å². The highest BCUT2D eigenvalue weighted by atomic mass is 16.4. The lowest BCUT2D eigenvalue weighted by molar-refractivity contribution is 0.206. The molecular weight excluding hydrogens is 276 g/mol. The average Bonchev–Trinajstić information content (AvgIpc) is 3.15. The summed E-state index contributed by atoms with van der Waals surface area (Å²) in [5.41, 5.74) is 1.36. The maximum atomic E-state index is 5.57. The average molecular weight is 300 g/mol. The molecule has 1 aliphatic heterocycles. The molecule has 5 heteroatoms. The molecule has 0 saturated carbocycles. The number of likely N-dealkylation sites (N-methyl/N-ethyl adjacent to an activating group) is 1. The Morgan fingerprint density at radius 2 is 2.18 bits per heavy atom. The number of hydrogen-bond donors (Lipinski definition) is 0. The van der Waals surface area contributed by atoms with Crippen LogP contribution in [0.5, 0.6) is 0 Å². The Morgan fingerprint density at radius 1 is 1.36 bits per heavy atom. The Labute approximate surface area is 132 Å². The van der Waals surface area contributed by atoms with E-state index >= 15 is 0 Å². The first-order valence-electron chi connectivity index (χ1n) is 7.93. The van der Waals surface area contributed by atoms with Gasteiger partial charge < -0.3 is 9.32 Å². The van der Waals surface area contributed by atoms with E-state index in [1.807, 2.05) is 19.3 Å². The normalized spacial score (nSPS) is 19.1. The molecule has 0 radical (unpaired) electrons. The Kier molecular flexibility index (Phi) is 4.85. The summed E-state index contributed by atoms with van der Waals surface area (Å²) in [6.45, 7) is 6.14. The van der Waals surface area contributed by atoms with Gasteiger partial charge in [-0.15, -0.1) is 0 Å². The van der Waals surface area contributed by atoms with Crippen molar-refractivity contribution < 1.29 is 4.42 Å². The SMILES string of the molecule is Cc1cnc(CN(C)[C@H]2CCN(CCc3ccncc3)C2)o1. The topological polar surface area (TPSA) is 45.4 Å². The summed E-state index contributed by atoms with van der Waals surface area (Å²) in [5, 5.41) is 0. The first-order chi connectivity index (χ1) is 10.7. The number of rotatable bonds is 6. The Balaban J connectivity index is 1.45. The lowest BCUT2D eigenvalue weighted by Gasteiger charge is -2.23. The first-order valence-corrected chi connectivity index (χ1v) is 7.93. The molecule has 2 aromatic rings. The van der Waals surface area contributed by atoms with E-state index in [-0.39, 0.29) is 0 Å². The van der Waals surface area contributed by atoms with E-state index in [1.54, 1.807) is 6.20 Å². The van der Waals surface area contributed by atoms with Crippen LogP contribution in [0.3, 0.4) is 0 Å². The second kappa shape index (κ2) is 7.03. The van der Waals surface area contributed by atoms with Crippen LogP contribution in [0.25, 0.3) is 0 Å². The summed E-state index contributed by atoms with van der Waals surface area (Å²) in [4.78, 5) is 13.3. The Morgan fingerprint density at radius 3 is 2.91 bits per heavy atom. The van der Waals surface area contributed by atoms with Crippen molar-refractivity contribution in [2.75, 3.05) is 26.7 Å². The molecule has 0 aromatic carbocycles. The van der Waals surface area contributed by atoms with Crippen LogP contribution in [0.2, 0.25) is 0 Å². The van der Waals surface area contributed by atoms with Gasteiger partial charge in [0, 0.05) is 31.5 Å². The van der Waals surface area contributed by atoms with Gasteiger partial charge >= 0.3 is 0 Å². The number of aryl methyl sites for hydroxylation is 1. The van der Waals surface area contributed by atoms with Crippen LogP contribution in [-0.2, 0) is 13.0 Å². The van der Waals surface area contributed by atoms with Crippen molar-refractivity contribution in [2.45, 2.75) is 32.4 Å². The highest BCUT2D eigenvalue weighted by Crippen LogP contribution is 2.17. The number of pyridine rings is 1. The predicted octanol–water partition coefficient (Wildman–Crippen LogP) is 2.13. The summed E-state index contributed by atoms with van der Waals surface area (Å²) in [5.74, 6) is 1.70. The van der Waals surface area contributed by atoms with E-state index in [2.05, 4.69) is 38.9 Å². The van der Waals surface area contributed by atoms with Gasteiger partial charge in [0.05, 0.1) is 12.7 Å². The molecule has 1 fully saturated rings. The van der Waals surface area contributed by atoms with Crippen LogP contribution in [0, 0.1) is 6.92 Å². The summed E-state index contributed by atoms with van der Waals surface area (Å²) >= 11 is 0. The van der Waals surface area contributed by atoms with Crippen LogP contribution in [0.4, 0.5) is 0 Å². The van der Waals surface area contributed by atoms with Crippen LogP contribution in [0.15, 0.2) is 35.1 Å². The Hall–Kier alpha value is -1.72. The molecule has 0 bridgehead atoms. The van der Waals surface area contributed by atoms with Crippen molar-refractivity contribution in [1.82, 2.24) is 19.8 Å². The van der Waals surface area contributed by atoms with E-state index < -0.39 is 0 Å². The maximum absolute atomic E-state index is 5.57. The highest BCUT2D eigenvalue weighted by Gasteiger charge is 2.26. The predicted molar refractivity (Wildman–Crippen MR) is 85.5 cm³/mol. The lowest BCUT2D eigenvalue weighted by atomic mass is 10.2. The zero-order valence-corrected chi connectivity index (χ0v) is 13.4. The number of aromatic nitrogens is 2. The molecule has 0 aliphatic carbocycles. The van der Waals surface area contributed by atoms with Gasteiger partial charge in [0.15, 0.2) is 0 Å². The van der Waals surface area contributed by atoms with Gasteiger partial charge in [-0.2, -0.15) is 0 Å². The van der Waals surface area contributed by atoms with E-state index in [1.165, 1.54) is 18.5 Å². The molecule has 0 N–H and O–H groups in total. The molecule has 1 atom stereocenters. The molecule has 22 heavy (non-hydrogen) atoms. The van der Waals surface area contributed by atoms with E-state index in [4.69, 9.17) is 4.42 Å². The molecule has 5 nitrogen and oxygen atoms in total. The number of hydrogen-bond acceptors (Lipinski definition) is 5. The summed E-state index contributed by atoms with van der Waals surface area (Å²) in [6.07, 6.45) is 7.84. The van der Waals surface area contributed by atoms with E-state index in [0.29, 0.717) is 6.04 Å². The standard InChI is InChI=1S/C17H24N4O/c1-14-11-19-17(22-14)13-20(2)16-6-10-21(12-16)9-5-15-3-7-18-8-4-15/h3-4,7-8,11,16H,5-6,9-10,12-13H2,1-2H3/t16-/m0/s1. The minimum absolute atomic E-state index is 0.588. The molecule has 1 aliphatic rings. The molecule has 3 rings (SSSR count). The van der Waals surface area contributed by atoms with Crippen molar-refractivity contribution in [2.24, 2.45) is 0 Å². The van der Waals surface area contributed by atoms with Gasteiger partial charge in [-0.25, -0.2) is 4.98 Å². The molecule has 3 heterocycles. The van der Waals surface area contributed by atoms with Crippen molar-refractivity contribution in [1.29, 1.82) is 0 Å². The second-order valence-corrected chi connectivity index (χ2v) is 6.13. The van der Waals surface area contributed by atoms with Crippen LogP contribution in [0.1, 0.15) is 23.6 Å². The van der Waals surface area contributed by atoms with Crippen LogP contribution >= 0.6 is 0 Å². The second-order valence-electron chi connectivity index (χ2n) is 6.13. The number of likely N-dealkylation sites (tertiary alicyclic amines) is 1. The summed E-state index contributed by atoms with van der Waals surface area (Å²) in [6, 6.07) is 4.79. The first kappa shape index (κ1) is 15.2. The smallest absolute Gasteiger partial charge is 0.208 e. The third-order valence-electron chi connectivity index (χ3n) is 4.39. The van der Waals surface area contributed by atoms with Crippen LogP contribution < -0.4 is 0 Å². The van der Waals surface area contributed by atoms with Gasteiger partial charge in [0.1, 0.15) is 5.76 Å². The molecular formula is C17H24N4O. The van der Waals surface area contributed by atoms with Gasteiger partial charge in [0.2, 0.25) is 5.89 Å². The summed E-state index contributed by atoms with van der Waals surface area (Å²) in [7, 11) is 2.16. The van der Waals surface area contributed by atoms with Crippen molar-refractivity contribution in [3.05, 3.63) is 47.9 Å². The summed E-state index contributed by atoms with van der Waals surface area (Å²) < 4.78 is 5.57. The fraction of sp³-hybridized carbons (Fsp3) is 0.529. The van der Waals surface area contributed by atoms with Gasteiger partial charge in [-0.05, 0) is 51.1 Å². The van der Waals surface area contributed by atoms with Crippen molar-refractivity contribution in [3.63, 3.8) is 0 Å². The van der Waals surface area contributed by atoms with Crippen molar-refractivity contribution in [3.8, 4) is 0 Å². The molecule has 118 valence electrons. The third kappa shape index (κ3) is 3.93. The zero-order chi connectivity index (χ0) is 15.4. The minimum Gasteiger partial charge on any atom is -0.445 e. The number of nitrogens with zero attached hydrogens (tertiary/aromatic N) is 4. The molecule has 2 aromatic heterocycles. The fourth-order valence-electron chi connectivity index (χ4n) is 3.03. The van der Waals surface area contributed by atoms with Gasteiger partial charge in [-0.3, -0.25) is 9.88 Å². The molecule has 0 amide bonds. The van der Waals surface area contributed by atoms with Crippen molar-refractivity contribution >= 4 is 0 Å². The van der Waals surface area contributed by atoms with Gasteiger partial charge in [-0.1, -0.05) is 0 Å². The quantitative estimate of drug-likeness (QED) is 0.818. The lowest BCUT2D eigenvalue weighted by Crippen LogP contribution is -2.34. The molecule has 1 saturated heterocycles. The highest BCUT2D eigenvalue weighted by molar-refractivity contribution is 5.10. The monoisotopic (exact) mass is 300 g/mol. The van der Waals surface area contributed by atoms with E-state index in [9.17, 15) is 0 Å². The molecule has 0 unspecified atom stereocenters. The van der Waals surface area contributed by atoms with E-state index in [0.717, 1.165) is 37.7 Å². The third-order valence-corrected chi connectivity index (χ3v) is 4.39. The minimum atomic E-state index is 0.588. The molecule has 0 spiro atoms. The number of oxazole rings is 1. The largest absolute Gasteiger partial charge is 0.445 e. The zero-order valence-electron chi connectivity index (χ0n) is 13.4. The fourth-order valence-corrected chi connectivity index (χ4v) is 3.03. The van der Waals surface area contributed by atoms with Gasteiger partial charge in [0.25, 0.3) is 0 Å². The maximum Gasteiger partial charge on any atom is 0.208 e.